The molecule has 0 saturated carbocycles. The van der Waals surface area contributed by atoms with Crippen LogP contribution in [-0.2, 0) is 0 Å². The molecule has 0 bridgehead atoms. The van der Waals surface area contributed by atoms with E-state index in [1.807, 2.05) is 55.0 Å². The van der Waals surface area contributed by atoms with Gasteiger partial charge in [-0.15, -0.1) is 0 Å². The Hall–Kier alpha value is -8.79. The quantitative estimate of drug-likeness (QED) is 0.138. The average Bonchev–Trinajstić information content (AvgIpc) is 3.41. The Kier molecular flexibility index (Phi) is 11.0. The first kappa shape index (κ1) is 40.0. The highest BCUT2D eigenvalue weighted by Gasteiger charge is 2.19. The summed E-state index contributed by atoms with van der Waals surface area (Å²) >= 11 is 0. The molecule has 11 rings (SSSR count). The highest BCUT2D eigenvalue weighted by molar-refractivity contribution is 5.97. The zero-order valence-electron chi connectivity index (χ0n) is 36.2. The summed E-state index contributed by atoms with van der Waals surface area (Å²) in [6.45, 7) is 0. The molecule has 0 saturated heterocycles. The first-order valence-corrected chi connectivity index (χ1v) is 22.3. The number of hydrogen-bond donors (Lipinski definition) is 0. The molecule has 8 aromatic carbocycles. The monoisotopic (exact) mass is 841 g/mol. The summed E-state index contributed by atoms with van der Waals surface area (Å²) in [6.07, 6.45) is 5.54. The maximum atomic E-state index is 4.72. The van der Waals surface area contributed by atoms with E-state index in [9.17, 15) is 0 Å². The molecule has 0 aliphatic carbocycles. The lowest BCUT2D eigenvalue weighted by molar-refractivity contribution is 1.33. The lowest BCUT2D eigenvalue weighted by Gasteiger charge is -2.19. The molecule has 0 fully saturated rings. The van der Waals surface area contributed by atoms with Gasteiger partial charge in [0.2, 0.25) is 0 Å². The molecule has 3 heteroatoms. The van der Waals surface area contributed by atoms with Gasteiger partial charge in [-0.3, -0.25) is 15.0 Å². The van der Waals surface area contributed by atoms with Crippen LogP contribution in [0.2, 0.25) is 0 Å². The largest absolute Gasteiger partial charge is 0.256 e. The summed E-state index contributed by atoms with van der Waals surface area (Å²) in [5.74, 6) is 0. The maximum absolute atomic E-state index is 4.72. The number of hydrogen-bond acceptors (Lipinski definition) is 3. The van der Waals surface area contributed by atoms with Crippen molar-refractivity contribution in [2.75, 3.05) is 0 Å². The van der Waals surface area contributed by atoms with E-state index in [0.29, 0.717) is 0 Å². The summed E-state index contributed by atoms with van der Waals surface area (Å²) in [5, 5.41) is 0. The van der Waals surface area contributed by atoms with Gasteiger partial charge in [0.05, 0.1) is 17.1 Å². The van der Waals surface area contributed by atoms with Crippen molar-refractivity contribution in [1.82, 2.24) is 15.0 Å². The van der Waals surface area contributed by atoms with E-state index in [0.717, 1.165) is 112 Å². The number of benzene rings is 8. The second-order valence-corrected chi connectivity index (χ2v) is 16.4. The van der Waals surface area contributed by atoms with Crippen molar-refractivity contribution in [2.24, 2.45) is 0 Å². The molecular weight excluding hydrogens is 799 g/mol. The van der Waals surface area contributed by atoms with Crippen molar-refractivity contribution < 1.29 is 0 Å². The molecule has 3 nitrogen and oxygen atoms in total. The molecule has 0 atom stereocenters. The predicted molar refractivity (Wildman–Crippen MR) is 274 cm³/mol. The fraction of sp³-hybridized carbons (Fsp3) is 0. The molecule has 0 amide bonds. The Morgan fingerprint density at radius 3 is 0.894 bits per heavy atom. The average molecular weight is 842 g/mol. The van der Waals surface area contributed by atoms with Gasteiger partial charge in [0.25, 0.3) is 0 Å². The molecule has 0 N–H and O–H groups in total. The summed E-state index contributed by atoms with van der Waals surface area (Å²) in [5.41, 5.74) is 22.2. The van der Waals surface area contributed by atoms with Gasteiger partial charge in [0, 0.05) is 35.3 Å². The zero-order valence-corrected chi connectivity index (χ0v) is 36.2. The zero-order chi connectivity index (χ0) is 44.1. The molecule has 3 heterocycles. The van der Waals surface area contributed by atoms with Gasteiger partial charge >= 0.3 is 0 Å². The normalized spacial score (nSPS) is 11.0. The predicted octanol–water partition coefficient (Wildman–Crippen LogP) is 16.5. The standard InChI is InChI=1S/C63H43N3/c1-2-16-44(17-3-1)60-43-49(63-26-12-15-39-66-63)35-36-59(60)58-23-9-8-22-57(58)52-41-50(55-20-6-4-18-53(55)45-27-31-47(32-28-45)61-24-10-13-37-64-61)40-51(42-52)56-21-7-5-19-54(56)46-29-33-48(34-30-46)62-25-11-14-38-65-62/h1-43H. The van der Waals surface area contributed by atoms with E-state index in [1.165, 1.54) is 0 Å². The summed E-state index contributed by atoms with van der Waals surface area (Å²) < 4.78 is 0. The van der Waals surface area contributed by atoms with Gasteiger partial charge in [0.15, 0.2) is 0 Å². The highest BCUT2D eigenvalue weighted by Crippen LogP contribution is 2.44. The molecular formula is C63H43N3. The van der Waals surface area contributed by atoms with Gasteiger partial charge in [-0.05, 0) is 139 Å². The fourth-order valence-corrected chi connectivity index (χ4v) is 9.07. The molecule has 310 valence electrons. The number of nitrogens with zero attached hydrogens (tertiary/aromatic N) is 3. The van der Waals surface area contributed by atoms with Crippen molar-refractivity contribution in [2.45, 2.75) is 0 Å². The summed E-state index contributed by atoms with van der Waals surface area (Å²) in [6, 6.07) is 86.6. The van der Waals surface area contributed by atoms with Crippen LogP contribution in [-0.4, -0.2) is 15.0 Å². The summed E-state index contributed by atoms with van der Waals surface area (Å²) in [4.78, 5) is 13.9. The van der Waals surface area contributed by atoms with Crippen LogP contribution in [0.5, 0.6) is 0 Å². The maximum Gasteiger partial charge on any atom is 0.0702 e. The molecule has 0 aliphatic rings. The number of pyridine rings is 3. The van der Waals surface area contributed by atoms with E-state index in [2.05, 4.69) is 216 Å². The van der Waals surface area contributed by atoms with Gasteiger partial charge in [-0.1, -0.05) is 182 Å². The number of rotatable bonds is 10. The minimum atomic E-state index is 0.946. The highest BCUT2D eigenvalue weighted by atomic mass is 14.7. The SMILES string of the molecule is c1ccc(-c2cc(-c3ccccn3)ccc2-c2ccccc2-c2cc(-c3ccccc3-c3ccc(-c4ccccn4)cc3)cc(-c3ccccc3-c3ccc(-c4ccccn4)cc3)c2)cc1. The minimum Gasteiger partial charge on any atom is -0.256 e. The first-order chi connectivity index (χ1) is 32.7. The first-order valence-electron chi connectivity index (χ1n) is 22.3. The van der Waals surface area contributed by atoms with Gasteiger partial charge < -0.3 is 0 Å². The Morgan fingerprint density at radius 2 is 0.470 bits per heavy atom. The van der Waals surface area contributed by atoms with Crippen LogP contribution in [0, 0.1) is 0 Å². The third-order valence-electron chi connectivity index (χ3n) is 12.3. The van der Waals surface area contributed by atoms with E-state index in [4.69, 9.17) is 4.98 Å². The Balaban J connectivity index is 1.10. The molecule has 0 spiro atoms. The van der Waals surface area contributed by atoms with Crippen molar-refractivity contribution in [3.63, 3.8) is 0 Å². The van der Waals surface area contributed by atoms with Gasteiger partial charge in [-0.2, -0.15) is 0 Å². The van der Waals surface area contributed by atoms with Crippen molar-refractivity contribution in [3.8, 4) is 112 Å². The van der Waals surface area contributed by atoms with Crippen LogP contribution in [0.15, 0.2) is 261 Å². The fourth-order valence-electron chi connectivity index (χ4n) is 9.07. The molecule has 11 aromatic rings. The van der Waals surface area contributed by atoms with E-state index >= 15 is 0 Å². The Morgan fingerprint density at radius 1 is 0.167 bits per heavy atom. The second-order valence-electron chi connectivity index (χ2n) is 16.4. The molecule has 3 aromatic heterocycles. The van der Waals surface area contributed by atoms with Crippen molar-refractivity contribution >= 4 is 0 Å². The van der Waals surface area contributed by atoms with E-state index < -0.39 is 0 Å². The van der Waals surface area contributed by atoms with Crippen LogP contribution >= 0.6 is 0 Å². The Labute approximate surface area is 386 Å². The minimum absolute atomic E-state index is 0.946. The van der Waals surface area contributed by atoms with Gasteiger partial charge in [0.1, 0.15) is 0 Å². The molecule has 0 unspecified atom stereocenters. The van der Waals surface area contributed by atoms with Gasteiger partial charge in [-0.25, -0.2) is 0 Å². The molecule has 66 heavy (non-hydrogen) atoms. The van der Waals surface area contributed by atoms with E-state index in [1.54, 1.807) is 0 Å². The summed E-state index contributed by atoms with van der Waals surface area (Å²) in [7, 11) is 0. The van der Waals surface area contributed by atoms with E-state index in [-0.39, 0.29) is 0 Å². The third-order valence-corrected chi connectivity index (χ3v) is 12.3. The lowest BCUT2D eigenvalue weighted by Crippen LogP contribution is -1.93. The van der Waals surface area contributed by atoms with Crippen molar-refractivity contribution in [1.29, 1.82) is 0 Å². The smallest absolute Gasteiger partial charge is 0.0702 e. The second kappa shape index (κ2) is 18.1. The van der Waals surface area contributed by atoms with Crippen molar-refractivity contribution in [3.05, 3.63) is 261 Å². The lowest BCUT2D eigenvalue weighted by atomic mass is 9.84. The van der Waals surface area contributed by atoms with Crippen LogP contribution in [0.3, 0.4) is 0 Å². The molecule has 0 aliphatic heterocycles. The van der Waals surface area contributed by atoms with Crippen LogP contribution < -0.4 is 0 Å². The molecule has 0 radical (unpaired) electrons. The van der Waals surface area contributed by atoms with Crippen LogP contribution in [0.4, 0.5) is 0 Å². The third kappa shape index (κ3) is 8.14. The number of aromatic nitrogens is 3. The van der Waals surface area contributed by atoms with Crippen LogP contribution in [0.25, 0.3) is 112 Å². The van der Waals surface area contributed by atoms with Crippen LogP contribution in [0.1, 0.15) is 0 Å². The topological polar surface area (TPSA) is 38.7 Å². The Bertz CT molecular complexity index is 3280.